The van der Waals surface area contributed by atoms with Crippen LogP contribution in [0, 0.1) is 12.1 Å². The van der Waals surface area contributed by atoms with E-state index in [1.54, 1.807) is 0 Å². The summed E-state index contributed by atoms with van der Waals surface area (Å²) in [5.41, 5.74) is 2.11. The summed E-state index contributed by atoms with van der Waals surface area (Å²) in [6, 6.07) is 9.77. The molecular formula is C11H10N2O. The molecule has 0 radical (unpaired) electrons. The molecule has 1 spiro atoms. The van der Waals surface area contributed by atoms with Gasteiger partial charge in [-0.3, -0.25) is 4.99 Å². The molecule has 0 unspecified atom stereocenters. The molecular weight excluding hydrogens is 176 g/mol. The van der Waals surface area contributed by atoms with E-state index < -0.39 is 0 Å². The van der Waals surface area contributed by atoms with Crippen molar-refractivity contribution in [1.29, 1.82) is 0 Å². The number of rotatable bonds is 0. The number of nitrogens with one attached hydrogen (secondary N) is 1. The van der Waals surface area contributed by atoms with Crippen molar-refractivity contribution in [3.8, 4) is 0 Å². The van der Waals surface area contributed by atoms with Crippen LogP contribution in [0.25, 0.3) is 0 Å². The average Bonchev–Trinajstić information content (AvgIpc) is 2.14. The van der Waals surface area contributed by atoms with E-state index in [1.807, 2.05) is 19.1 Å². The van der Waals surface area contributed by atoms with Crippen molar-refractivity contribution < 1.29 is 4.74 Å². The summed E-state index contributed by atoms with van der Waals surface area (Å²) in [5, 5.41) is 3.23. The summed E-state index contributed by atoms with van der Waals surface area (Å²) in [5.74, 6) is 0.945. The van der Waals surface area contributed by atoms with Crippen LogP contribution in [0.1, 0.15) is 12.5 Å². The summed E-state index contributed by atoms with van der Waals surface area (Å²) in [6.45, 7) is 3.33. The van der Waals surface area contributed by atoms with Gasteiger partial charge in [-0.25, -0.2) is 0 Å². The van der Waals surface area contributed by atoms with Gasteiger partial charge in [0.2, 0.25) is 0 Å². The minimum absolute atomic E-state index is 0.143. The summed E-state index contributed by atoms with van der Waals surface area (Å²) in [4.78, 5) is 4.61. The fourth-order valence-electron chi connectivity index (χ4n) is 1.99. The largest absolute Gasteiger partial charge is 0.375 e. The Labute approximate surface area is 82.8 Å². The standard InChI is InChI=1S/C11H10N2O/c1-8-12-10-5-3-2-4-9(10)11(13-8)6-14-7-11/h4-5H,6-7H2,1H3,(H,12,13). The smallest absolute Gasteiger partial charge is 0.137 e. The fourth-order valence-corrected chi connectivity index (χ4v) is 1.99. The van der Waals surface area contributed by atoms with Crippen molar-refractivity contribution >= 4 is 11.5 Å². The fraction of sp³-hybridized carbons (Fsp3) is 0.364. The first-order chi connectivity index (χ1) is 6.80. The van der Waals surface area contributed by atoms with E-state index in [-0.39, 0.29) is 5.54 Å². The van der Waals surface area contributed by atoms with E-state index in [9.17, 15) is 0 Å². The minimum atomic E-state index is -0.143. The molecule has 0 aliphatic carbocycles. The molecule has 3 nitrogen and oxygen atoms in total. The third-order valence-electron chi connectivity index (χ3n) is 2.69. The van der Waals surface area contributed by atoms with Crippen LogP contribution < -0.4 is 5.32 Å². The van der Waals surface area contributed by atoms with E-state index in [2.05, 4.69) is 22.4 Å². The second-order valence-electron chi connectivity index (χ2n) is 3.75. The lowest BCUT2D eigenvalue weighted by atomic mass is 9.86. The highest BCUT2D eigenvalue weighted by Gasteiger charge is 2.43. The zero-order valence-electron chi connectivity index (χ0n) is 7.92. The highest BCUT2D eigenvalue weighted by molar-refractivity contribution is 5.96. The Morgan fingerprint density at radius 1 is 1.43 bits per heavy atom. The first-order valence-electron chi connectivity index (χ1n) is 4.64. The average molecular weight is 186 g/mol. The zero-order chi connectivity index (χ0) is 9.60. The van der Waals surface area contributed by atoms with Crippen molar-refractivity contribution in [3.63, 3.8) is 0 Å². The van der Waals surface area contributed by atoms with Crippen molar-refractivity contribution in [2.75, 3.05) is 18.5 Å². The summed E-state index contributed by atoms with van der Waals surface area (Å²) >= 11 is 0. The third-order valence-corrected chi connectivity index (χ3v) is 2.69. The predicted molar refractivity (Wildman–Crippen MR) is 53.3 cm³/mol. The van der Waals surface area contributed by atoms with Crippen molar-refractivity contribution in [2.45, 2.75) is 12.5 Å². The number of hydrogen-bond donors (Lipinski definition) is 1. The third kappa shape index (κ3) is 0.891. The van der Waals surface area contributed by atoms with Gasteiger partial charge >= 0.3 is 0 Å². The van der Waals surface area contributed by atoms with Crippen molar-refractivity contribution in [3.05, 3.63) is 29.8 Å². The Hall–Kier alpha value is -1.53. The predicted octanol–water partition coefficient (Wildman–Crippen LogP) is 1.36. The van der Waals surface area contributed by atoms with E-state index in [1.165, 1.54) is 5.56 Å². The molecule has 1 N–H and O–H groups in total. The first kappa shape index (κ1) is 7.84. The molecule has 1 aromatic carbocycles. The van der Waals surface area contributed by atoms with Crippen LogP contribution in [-0.2, 0) is 10.3 Å². The topological polar surface area (TPSA) is 33.6 Å². The number of ether oxygens (including phenoxy) is 1. The van der Waals surface area contributed by atoms with Gasteiger partial charge in [0.1, 0.15) is 5.54 Å². The number of fused-ring (bicyclic) bond motifs is 2. The lowest BCUT2D eigenvalue weighted by Gasteiger charge is -2.41. The van der Waals surface area contributed by atoms with Gasteiger partial charge in [0.15, 0.2) is 0 Å². The molecule has 3 heteroatoms. The first-order valence-corrected chi connectivity index (χ1v) is 4.64. The molecule has 2 aliphatic rings. The molecule has 1 aromatic rings. The highest BCUT2D eigenvalue weighted by Crippen LogP contribution is 2.39. The van der Waals surface area contributed by atoms with Gasteiger partial charge in [-0.05, 0) is 13.0 Å². The van der Waals surface area contributed by atoms with Crippen LogP contribution >= 0.6 is 0 Å². The maximum Gasteiger partial charge on any atom is 0.137 e. The molecule has 14 heavy (non-hydrogen) atoms. The molecule has 0 aromatic heterocycles. The molecule has 70 valence electrons. The van der Waals surface area contributed by atoms with Crippen molar-refractivity contribution in [2.24, 2.45) is 4.99 Å². The van der Waals surface area contributed by atoms with Gasteiger partial charge in [0, 0.05) is 11.6 Å². The Kier molecular flexibility index (Phi) is 1.39. The summed E-state index contributed by atoms with van der Waals surface area (Å²) in [6.07, 6.45) is 0. The quantitative estimate of drug-likeness (QED) is 0.663. The summed E-state index contributed by atoms with van der Waals surface area (Å²) < 4.78 is 5.26. The molecule has 0 atom stereocenters. The number of hydrogen-bond acceptors (Lipinski definition) is 3. The Balaban J connectivity index is 2.17. The van der Waals surface area contributed by atoms with E-state index in [0.717, 1.165) is 11.5 Å². The Bertz CT molecular complexity index is 408. The van der Waals surface area contributed by atoms with Crippen LogP contribution in [0.4, 0.5) is 5.69 Å². The number of amidine groups is 1. The molecule has 0 amide bonds. The van der Waals surface area contributed by atoms with Gasteiger partial charge in [0.25, 0.3) is 0 Å². The Morgan fingerprint density at radius 2 is 2.21 bits per heavy atom. The van der Waals surface area contributed by atoms with Gasteiger partial charge in [0.05, 0.1) is 24.7 Å². The zero-order valence-corrected chi connectivity index (χ0v) is 7.92. The molecule has 0 bridgehead atoms. The number of nitrogens with zero attached hydrogens (tertiary/aromatic N) is 1. The molecule has 1 fully saturated rings. The van der Waals surface area contributed by atoms with Crippen LogP contribution in [0.3, 0.4) is 0 Å². The highest BCUT2D eigenvalue weighted by atomic mass is 16.5. The van der Waals surface area contributed by atoms with E-state index in [0.29, 0.717) is 13.2 Å². The Morgan fingerprint density at radius 3 is 2.93 bits per heavy atom. The summed E-state index contributed by atoms with van der Waals surface area (Å²) in [7, 11) is 0. The molecule has 2 heterocycles. The van der Waals surface area contributed by atoms with Gasteiger partial charge in [-0.15, -0.1) is 0 Å². The SMILES string of the molecule is CC1=NC2(COC2)c2cc#ccc2N1. The van der Waals surface area contributed by atoms with E-state index >= 15 is 0 Å². The number of anilines is 1. The van der Waals surface area contributed by atoms with E-state index in [4.69, 9.17) is 4.74 Å². The normalized spacial score (nSPS) is 21.4. The van der Waals surface area contributed by atoms with Crippen LogP contribution in [0.5, 0.6) is 0 Å². The second-order valence-corrected chi connectivity index (χ2v) is 3.75. The lowest BCUT2D eigenvalue weighted by Crippen LogP contribution is -2.48. The van der Waals surface area contributed by atoms with Crippen LogP contribution in [0.2, 0.25) is 0 Å². The minimum Gasteiger partial charge on any atom is -0.375 e. The second kappa shape index (κ2) is 2.49. The van der Waals surface area contributed by atoms with Gasteiger partial charge in [-0.1, -0.05) is 12.1 Å². The van der Waals surface area contributed by atoms with Crippen molar-refractivity contribution in [1.82, 2.24) is 0 Å². The number of aliphatic imine (C=N–C) groups is 1. The maximum absolute atomic E-state index is 5.26. The molecule has 0 saturated carbocycles. The monoisotopic (exact) mass is 186 g/mol. The lowest BCUT2D eigenvalue weighted by molar-refractivity contribution is -0.0555. The van der Waals surface area contributed by atoms with Gasteiger partial charge < -0.3 is 10.1 Å². The maximum atomic E-state index is 5.26. The van der Waals surface area contributed by atoms with Gasteiger partial charge in [-0.2, -0.15) is 0 Å². The molecule has 2 aliphatic heterocycles. The molecule has 1 saturated heterocycles. The van der Waals surface area contributed by atoms with Crippen LogP contribution in [-0.4, -0.2) is 19.0 Å². The van der Waals surface area contributed by atoms with Crippen LogP contribution in [0.15, 0.2) is 17.1 Å². The molecule has 3 rings (SSSR count).